The average Bonchev–Trinajstić information content (AvgIpc) is 2.39. The molecular formula is C13H9ClO2. The Morgan fingerprint density at radius 1 is 0.938 bits per heavy atom. The Bertz CT molecular complexity index is 494. The Balaban J connectivity index is 2.53. The molecule has 16 heavy (non-hydrogen) atoms. The minimum absolute atomic E-state index is 0.462. The molecule has 0 atom stereocenters. The maximum Gasteiger partial charge on any atom is 0.356 e. The first kappa shape index (κ1) is 10.7. The predicted octanol–water partition coefficient (Wildman–Crippen LogP) is 3.66. The minimum Gasteiger partial charge on any atom is -0.343 e. The molecule has 0 spiro atoms. The zero-order valence-corrected chi connectivity index (χ0v) is 9.15. The molecule has 0 saturated heterocycles. The summed E-state index contributed by atoms with van der Waals surface area (Å²) >= 11 is 5.10. The van der Waals surface area contributed by atoms with Crippen LogP contribution < -0.4 is 0 Å². The number of carbonyl (C=O) groups excluding carboxylic acids is 1. The molecule has 3 heteroatoms. The van der Waals surface area contributed by atoms with Gasteiger partial charge in [-0.3, -0.25) is 0 Å². The summed E-state index contributed by atoms with van der Waals surface area (Å²) in [6, 6.07) is 16.8. The zero-order chi connectivity index (χ0) is 11.4. The van der Waals surface area contributed by atoms with Crippen LogP contribution in [0.1, 0.15) is 10.4 Å². The number of carbonyl (C=O) groups is 1. The molecule has 2 aromatic carbocycles. The van der Waals surface area contributed by atoms with Crippen LogP contribution in [-0.4, -0.2) is 5.97 Å². The first-order valence-corrected chi connectivity index (χ1v) is 5.11. The first-order valence-electron chi connectivity index (χ1n) is 4.80. The highest BCUT2D eigenvalue weighted by Crippen LogP contribution is 2.24. The van der Waals surface area contributed by atoms with E-state index >= 15 is 0 Å². The molecule has 2 nitrogen and oxygen atoms in total. The van der Waals surface area contributed by atoms with E-state index in [9.17, 15) is 4.79 Å². The van der Waals surface area contributed by atoms with Crippen molar-refractivity contribution in [2.24, 2.45) is 0 Å². The van der Waals surface area contributed by atoms with Gasteiger partial charge in [0.2, 0.25) is 0 Å². The molecule has 0 unspecified atom stereocenters. The van der Waals surface area contributed by atoms with E-state index in [1.165, 1.54) is 0 Å². The van der Waals surface area contributed by atoms with Gasteiger partial charge in [0.15, 0.2) is 0 Å². The summed E-state index contributed by atoms with van der Waals surface area (Å²) in [5, 5.41) is 0. The van der Waals surface area contributed by atoms with Crippen molar-refractivity contribution in [2.75, 3.05) is 0 Å². The van der Waals surface area contributed by atoms with Gasteiger partial charge in [0.25, 0.3) is 0 Å². The second kappa shape index (κ2) is 4.81. The van der Waals surface area contributed by atoms with Crippen LogP contribution in [0.3, 0.4) is 0 Å². The van der Waals surface area contributed by atoms with E-state index < -0.39 is 5.97 Å². The van der Waals surface area contributed by atoms with Crippen molar-refractivity contribution in [2.45, 2.75) is 0 Å². The van der Waals surface area contributed by atoms with Gasteiger partial charge in [-0.25, -0.2) is 4.79 Å². The van der Waals surface area contributed by atoms with E-state index in [-0.39, 0.29) is 0 Å². The fourth-order valence-electron chi connectivity index (χ4n) is 1.57. The van der Waals surface area contributed by atoms with Crippen LogP contribution in [0.4, 0.5) is 0 Å². The molecule has 0 aliphatic carbocycles. The minimum atomic E-state index is -0.541. The number of rotatable bonds is 2. The van der Waals surface area contributed by atoms with Crippen molar-refractivity contribution in [3.8, 4) is 11.1 Å². The lowest BCUT2D eigenvalue weighted by Crippen LogP contribution is -2.00. The maximum absolute atomic E-state index is 11.5. The highest BCUT2D eigenvalue weighted by atomic mass is 35.5. The normalized spacial score (nSPS) is 9.81. The average molecular weight is 233 g/mol. The maximum atomic E-state index is 11.5. The third-order valence-electron chi connectivity index (χ3n) is 2.30. The zero-order valence-electron chi connectivity index (χ0n) is 8.39. The molecule has 0 heterocycles. The summed E-state index contributed by atoms with van der Waals surface area (Å²) in [6.07, 6.45) is 0. The van der Waals surface area contributed by atoms with Crippen LogP contribution in [-0.2, 0) is 4.29 Å². The van der Waals surface area contributed by atoms with Gasteiger partial charge in [0.05, 0.1) is 5.56 Å². The van der Waals surface area contributed by atoms with Crippen molar-refractivity contribution in [3.63, 3.8) is 0 Å². The van der Waals surface area contributed by atoms with Crippen LogP contribution in [0.15, 0.2) is 54.6 Å². The van der Waals surface area contributed by atoms with Crippen molar-refractivity contribution < 1.29 is 9.08 Å². The molecule has 0 aliphatic rings. The van der Waals surface area contributed by atoms with Gasteiger partial charge >= 0.3 is 5.97 Å². The second-order valence-corrected chi connectivity index (χ2v) is 3.43. The molecule has 0 radical (unpaired) electrons. The number of benzene rings is 2. The first-order chi connectivity index (χ1) is 7.83. The van der Waals surface area contributed by atoms with Crippen LogP contribution in [0.5, 0.6) is 0 Å². The molecule has 0 saturated carbocycles. The van der Waals surface area contributed by atoms with E-state index in [4.69, 9.17) is 11.9 Å². The Morgan fingerprint density at radius 2 is 1.56 bits per heavy atom. The highest BCUT2D eigenvalue weighted by molar-refractivity contribution is 6.16. The third-order valence-corrected chi connectivity index (χ3v) is 2.44. The van der Waals surface area contributed by atoms with Gasteiger partial charge < -0.3 is 4.29 Å². The molecule has 0 bridgehead atoms. The molecular weight excluding hydrogens is 224 g/mol. The van der Waals surface area contributed by atoms with Crippen LogP contribution >= 0.6 is 11.9 Å². The Hall–Kier alpha value is -1.80. The summed E-state index contributed by atoms with van der Waals surface area (Å²) in [5.41, 5.74) is 2.23. The van der Waals surface area contributed by atoms with Crippen LogP contribution in [0.25, 0.3) is 11.1 Å². The van der Waals surface area contributed by atoms with Crippen molar-refractivity contribution in [1.29, 1.82) is 0 Å². The largest absolute Gasteiger partial charge is 0.356 e. The van der Waals surface area contributed by atoms with Crippen LogP contribution in [0.2, 0.25) is 0 Å². The summed E-state index contributed by atoms with van der Waals surface area (Å²) in [6.45, 7) is 0. The SMILES string of the molecule is O=C(OCl)c1ccccc1-c1ccccc1. The van der Waals surface area contributed by atoms with E-state index in [2.05, 4.69) is 4.29 Å². The monoisotopic (exact) mass is 232 g/mol. The molecule has 2 aromatic rings. The quantitative estimate of drug-likeness (QED) is 0.790. The summed E-state index contributed by atoms with van der Waals surface area (Å²) in [4.78, 5) is 11.5. The topological polar surface area (TPSA) is 26.3 Å². The summed E-state index contributed by atoms with van der Waals surface area (Å²) in [5.74, 6) is -0.541. The lowest BCUT2D eigenvalue weighted by molar-refractivity contribution is 0.0752. The molecule has 0 fully saturated rings. The third kappa shape index (κ3) is 2.07. The molecule has 0 amide bonds. The highest BCUT2D eigenvalue weighted by Gasteiger charge is 2.12. The standard InChI is InChI=1S/C13H9ClO2/c14-16-13(15)12-9-5-4-8-11(12)10-6-2-1-3-7-10/h1-9H. The smallest absolute Gasteiger partial charge is 0.343 e. The molecule has 80 valence electrons. The van der Waals surface area contributed by atoms with Gasteiger partial charge in [-0.2, -0.15) is 0 Å². The Labute approximate surface area is 98.6 Å². The Kier molecular flexibility index (Phi) is 3.22. The van der Waals surface area contributed by atoms with E-state index in [1.807, 2.05) is 42.5 Å². The molecule has 0 N–H and O–H groups in total. The van der Waals surface area contributed by atoms with Crippen molar-refractivity contribution in [1.82, 2.24) is 0 Å². The van der Waals surface area contributed by atoms with Gasteiger partial charge in [0.1, 0.15) is 11.9 Å². The van der Waals surface area contributed by atoms with Gasteiger partial charge in [-0.1, -0.05) is 48.5 Å². The summed E-state index contributed by atoms with van der Waals surface area (Å²) in [7, 11) is 0. The number of halogens is 1. The lowest BCUT2D eigenvalue weighted by atomic mass is 10.00. The van der Waals surface area contributed by atoms with Gasteiger partial charge in [-0.05, 0) is 17.2 Å². The van der Waals surface area contributed by atoms with Crippen LogP contribution in [0, 0.1) is 0 Å². The van der Waals surface area contributed by atoms with E-state index in [0.29, 0.717) is 5.56 Å². The molecule has 0 aromatic heterocycles. The Morgan fingerprint density at radius 3 is 2.25 bits per heavy atom. The molecule has 0 aliphatic heterocycles. The number of hydrogen-bond donors (Lipinski definition) is 0. The van der Waals surface area contributed by atoms with Gasteiger partial charge in [-0.15, -0.1) is 0 Å². The lowest BCUT2D eigenvalue weighted by Gasteiger charge is -2.06. The molecule has 2 rings (SSSR count). The fourth-order valence-corrected chi connectivity index (χ4v) is 1.66. The number of hydrogen-bond acceptors (Lipinski definition) is 2. The predicted molar refractivity (Wildman–Crippen MR) is 63.1 cm³/mol. The van der Waals surface area contributed by atoms with Gasteiger partial charge in [0, 0.05) is 0 Å². The van der Waals surface area contributed by atoms with Crippen molar-refractivity contribution >= 4 is 17.8 Å². The van der Waals surface area contributed by atoms with E-state index in [0.717, 1.165) is 11.1 Å². The fraction of sp³-hybridized carbons (Fsp3) is 0. The summed E-state index contributed by atoms with van der Waals surface area (Å²) < 4.78 is 4.23. The second-order valence-electron chi connectivity index (χ2n) is 3.28. The van der Waals surface area contributed by atoms with Crippen molar-refractivity contribution in [3.05, 3.63) is 60.2 Å². The van der Waals surface area contributed by atoms with E-state index in [1.54, 1.807) is 12.1 Å².